The number of hydrogen-bond acceptors (Lipinski definition) is 5. The van der Waals surface area contributed by atoms with Gasteiger partial charge in [-0.05, 0) is 24.3 Å². The molecular formula is C13H10N2O2S. The van der Waals surface area contributed by atoms with Crippen molar-refractivity contribution >= 4 is 21.6 Å². The first kappa shape index (κ1) is 11.0. The van der Waals surface area contributed by atoms with Crippen LogP contribution in [0.15, 0.2) is 36.7 Å². The van der Waals surface area contributed by atoms with E-state index in [0.717, 1.165) is 20.8 Å². The van der Waals surface area contributed by atoms with Gasteiger partial charge in [0, 0.05) is 11.8 Å². The van der Waals surface area contributed by atoms with Crippen molar-refractivity contribution in [1.29, 1.82) is 0 Å². The lowest BCUT2D eigenvalue weighted by Gasteiger charge is -2.03. The molecule has 2 aromatic heterocycles. The Morgan fingerprint density at radius 2 is 2.17 bits per heavy atom. The number of phenolic OH excluding ortho intramolecular Hbond substituents is 1. The zero-order valence-electron chi connectivity index (χ0n) is 9.62. The Morgan fingerprint density at radius 3 is 2.89 bits per heavy atom. The van der Waals surface area contributed by atoms with Gasteiger partial charge in [0.2, 0.25) is 0 Å². The van der Waals surface area contributed by atoms with Crippen LogP contribution < -0.4 is 4.74 Å². The first-order chi connectivity index (χ1) is 8.78. The van der Waals surface area contributed by atoms with Gasteiger partial charge in [-0.3, -0.25) is 4.98 Å². The van der Waals surface area contributed by atoms with Crippen molar-refractivity contribution in [2.24, 2.45) is 0 Å². The number of hydrogen-bond donors (Lipinski definition) is 1. The molecule has 1 N–H and O–H groups in total. The minimum Gasteiger partial charge on any atom is -0.504 e. The molecule has 0 amide bonds. The maximum Gasteiger partial charge on any atom is 0.160 e. The number of pyridine rings is 1. The molecule has 0 saturated heterocycles. The average molecular weight is 258 g/mol. The highest BCUT2D eigenvalue weighted by Gasteiger charge is 2.09. The molecule has 0 bridgehead atoms. The van der Waals surface area contributed by atoms with Crippen LogP contribution in [0.5, 0.6) is 11.5 Å². The zero-order valence-corrected chi connectivity index (χ0v) is 10.4. The van der Waals surface area contributed by atoms with Crippen LogP contribution in [0.1, 0.15) is 0 Å². The summed E-state index contributed by atoms with van der Waals surface area (Å²) in [5.41, 5.74) is 1.74. The fourth-order valence-corrected chi connectivity index (χ4v) is 2.66. The summed E-state index contributed by atoms with van der Waals surface area (Å²) >= 11 is 1.57. The lowest BCUT2D eigenvalue weighted by atomic mass is 10.2. The molecule has 3 rings (SSSR count). The third-order valence-corrected chi connectivity index (χ3v) is 3.70. The average Bonchev–Trinajstić information content (AvgIpc) is 2.82. The second-order valence-corrected chi connectivity index (χ2v) is 4.78. The van der Waals surface area contributed by atoms with Crippen molar-refractivity contribution in [2.75, 3.05) is 7.11 Å². The Bertz CT molecular complexity index is 676. The van der Waals surface area contributed by atoms with Gasteiger partial charge in [-0.15, -0.1) is 11.3 Å². The van der Waals surface area contributed by atoms with Gasteiger partial charge in [0.1, 0.15) is 10.5 Å². The molecule has 0 aliphatic rings. The number of phenols is 1. The van der Waals surface area contributed by atoms with Gasteiger partial charge in [-0.1, -0.05) is 0 Å². The van der Waals surface area contributed by atoms with E-state index in [1.807, 2.05) is 12.1 Å². The third kappa shape index (κ3) is 1.78. The topological polar surface area (TPSA) is 55.2 Å². The fraction of sp³-hybridized carbons (Fsp3) is 0.0769. The number of nitrogens with zero attached hydrogens (tertiary/aromatic N) is 2. The van der Waals surface area contributed by atoms with Crippen molar-refractivity contribution in [3.63, 3.8) is 0 Å². The lowest BCUT2D eigenvalue weighted by molar-refractivity contribution is 0.373. The first-order valence-corrected chi connectivity index (χ1v) is 6.17. The number of methoxy groups -OCH3 is 1. The second-order valence-electron chi connectivity index (χ2n) is 3.75. The normalized spacial score (nSPS) is 10.7. The molecule has 0 aliphatic carbocycles. The van der Waals surface area contributed by atoms with E-state index in [2.05, 4.69) is 9.97 Å². The minimum absolute atomic E-state index is 0.118. The van der Waals surface area contributed by atoms with E-state index in [-0.39, 0.29) is 5.75 Å². The molecule has 90 valence electrons. The molecular weight excluding hydrogens is 248 g/mol. The van der Waals surface area contributed by atoms with Crippen molar-refractivity contribution in [1.82, 2.24) is 9.97 Å². The van der Waals surface area contributed by atoms with Crippen molar-refractivity contribution in [3.05, 3.63) is 36.7 Å². The summed E-state index contributed by atoms with van der Waals surface area (Å²) in [5.74, 6) is 0.578. The number of ether oxygens (including phenoxy) is 1. The Morgan fingerprint density at radius 1 is 1.28 bits per heavy atom. The highest BCUT2D eigenvalue weighted by atomic mass is 32.1. The summed E-state index contributed by atoms with van der Waals surface area (Å²) in [7, 11) is 1.53. The van der Waals surface area contributed by atoms with Gasteiger partial charge in [0.25, 0.3) is 0 Å². The van der Waals surface area contributed by atoms with Crippen LogP contribution in [0.2, 0.25) is 0 Å². The largest absolute Gasteiger partial charge is 0.504 e. The van der Waals surface area contributed by atoms with Crippen LogP contribution in [-0.4, -0.2) is 22.2 Å². The molecule has 0 unspecified atom stereocenters. The molecule has 1 aromatic carbocycles. The Labute approximate surface area is 108 Å². The molecule has 0 atom stereocenters. The zero-order chi connectivity index (χ0) is 12.5. The molecule has 5 heteroatoms. The monoisotopic (exact) mass is 258 g/mol. The van der Waals surface area contributed by atoms with E-state index in [0.29, 0.717) is 5.75 Å². The van der Waals surface area contributed by atoms with E-state index in [9.17, 15) is 5.11 Å². The number of benzene rings is 1. The SMILES string of the molecule is COc1ccc(-c2nc3cnccc3s2)cc1O. The molecule has 4 nitrogen and oxygen atoms in total. The van der Waals surface area contributed by atoms with Crippen LogP contribution in [0.3, 0.4) is 0 Å². The summed E-state index contributed by atoms with van der Waals surface area (Å²) < 4.78 is 6.10. The quantitative estimate of drug-likeness (QED) is 0.767. The molecule has 3 aromatic rings. The summed E-state index contributed by atoms with van der Waals surface area (Å²) in [5, 5.41) is 10.6. The third-order valence-electron chi connectivity index (χ3n) is 2.62. The van der Waals surface area contributed by atoms with Crippen molar-refractivity contribution in [2.45, 2.75) is 0 Å². The molecule has 0 spiro atoms. The molecule has 18 heavy (non-hydrogen) atoms. The van der Waals surface area contributed by atoms with Crippen molar-refractivity contribution in [3.8, 4) is 22.1 Å². The Hall–Kier alpha value is -2.14. The highest BCUT2D eigenvalue weighted by molar-refractivity contribution is 7.21. The van der Waals surface area contributed by atoms with Crippen molar-refractivity contribution < 1.29 is 9.84 Å². The Balaban J connectivity index is 2.11. The molecule has 0 fully saturated rings. The number of aromatic nitrogens is 2. The standard InChI is InChI=1S/C13H10N2O2S/c1-17-11-3-2-8(6-10(11)16)13-15-9-7-14-5-4-12(9)18-13/h2-7,16H,1H3. The fourth-order valence-electron chi connectivity index (χ4n) is 1.73. The van der Waals surface area contributed by atoms with Gasteiger partial charge >= 0.3 is 0 Å². The maximum atomic E-state index is 9.77. The van der Waals surface area contributed by atoms with Crippen LogP contribution in [0.25, 0.3) is 20.8 Å². The number of fused-ring (bicyclic) bond motifs is 1. The molecule has 0 radical (unpaired) electrons. The van der Waals surface area contributed by atoms with E-state index >= 15 is 0 Å². The molecule has 0 saturated carbocycles. The van der Waals surface area contributed by atoms with Gasteiger partial charge in [0.15, 0.2) is 11.5 Å². The van der Waals surface area contributed by atoms with Crippen LogP contribution in [-0.2, 0) is 0 Å². The highest BCUT2D eigenvalue weighted by Crippen LogP contribution is 2.34. The van der Waals surface area contributed by atoms with Gasteiger partial charge < -0.3 is 9.84 Å². The predicted molar refractivity (Wildman–Crippen MR) is 71.1 cm³/mol. The number of aromatic hydroxyl groups is 1. The summed E-state index contributed by atoms with van der Waals surface area (Å²) in [6, 6.07) is 7.20. The van der Waals surface area contributed by atoms with Crippen LogP contribution >= 0.6 is 11.3 Å². The van der Waals surface area contributed by atoms with Gasteiger partial charge in [-0.2, -0.15) is 0 Å². The smallest absolute Gasteiger partial charge is 0.160 e. The van der Waals surface area contributed by atoms with Crippen LogP contribution in [0, 0.1) is 0 Å². The van der Waals surface area contributed by atoms with E-state index in [4.69, 9.17) is 4.74 Å². The summed E-state index contributed by atoms with van der Waals surface area (Å²) in [6.45, 7) is 0. The van der Waals surface area contributed by atoms with Crippen LogP contribution in [0.4, 0.5) is 0 Å². The second kappa shape index (κ2) is 4.27. The minimum atomic E-state index is 0.118. The predicted octanol–water partition coefficient (Wildman–Crippen LogP) is 3.07. The van der Waals surface area contributed by atoms with Gasteiger partial charge in [0.05, 0.1) is 18.0 Å². The Kier molecular flexibility index (Phi) is 2.60. The first-order valence-electron chi connectivity index (χ1n) is 5.36. The lowest BCUT2D eigenvalue weighted by Crippen LogP contribution is -1.84. The number of rotatable bonds is 2. The summed E-state index contributed by atoms with van der Waals surface area (Å²) in [4.78, 5) is 8.52. The number of thiazole rings is 1. The molecule has 2 heterocycles. The van der Waals surface area contributed by atoms with E-state index < -0.39 is 0 Å². The maximum absolute atomic E-state index is 9.77. The summed E-state index contributed by atoms with van der Waals surface area (Å²) in [6.07, 6.45) is 3.48. The van der Waals surface area contributed by atoms with E-state index in [1.54, 1.807) is 35.9 Å². The molecule has 0 aliphatic heterocycles. The van der Waals surface area contributed by atoms with E-state index in [1.165, 1.54) is 7.11 Å². The van der Waals surface area contributed by atoms with Gasteiger partial charge in [-0.25, -0.2) is 4.98 Å².